The first-order chi connectivity index (χ1) is 13.1. The molecule has 0 aliphatic carbocycles. The SMILES string of the molecule is CC(C)C1c2ccccc2CCN1C(=O)Cn1ccc2ccccc2c1=O. The maximum atomic E-state index is 13.1. The molecule has 0 bridgehead atoms. The van der Waals surface area contributed by atoms with Crippen LogP contribution in [-0.2, 0) is 17.8 Å². The van der Waals surface area contributed by atoms with Crippen molar-refractivity contribution in [1.82, 2.24) is 9.47 Å². The molecule has 0 saturated heterocycles. The summed E-state index contributed by atoms with van der Waals surface area (Å²) < 4.78 is 1.53. The van der Waals surface area contributed by atoms with Crippen molar-refractivity contribution in [1.29, 1.82) is 0 Å². The number of pyridine rings is 1. The Labute approximate surface area is 159 Å². The predicted molar refractivity (Wildman–Crippen MR) is 108 cm³/mol. The van der Waals surface area contributed by atoms with Crippen LogP contribution in [0.3, 0.4) is 0 Å². The summed E-state index contributed by atoms with van der Waals surface area (Å²) in [6.07, 6.45) is 2.59. The summed E-state index contributed by atoms with van der Waals surface area (Å²) in [5, 5.41) is 1.55. The average Bonchev–Trinajstić information content (AvgIpc) is 2.69. The van der Waals surface area contributed by atoms with Crippen molar-refractivity contribution >= 4 is 16.7 Å². The minimum atomic E-state index is -0.111. The van der Waals surface area contributed by atoms with Crippen molar-refractivity contribution in [3.63, 3.8) is 0 Å². The van der Waals surface area contributed by atoms with Gasteiger partial charge < -0.3 is 9.47 Å². The van der Waals surface area contributed by atoms with Crippen molar-refractivity contribution in [2.45, 2.75) is 32.9 Å². The first kappa shape index (κ1) is 17.5. The molecule has 0 saturated carbocycles. The van der Waals surface area contributed by atoms with Gasteiger partial charge in [0.05, 0.1) is 6.04 Å². The summed E-state index contributed by atoms with van der Waals surface area (Å²) >= 11 is 0. The summed E-state index contributed by atoms with van der Waals surface area (Å²) in [5.74, 6) is 0.310. The Morgan fingerprint density at radius 1 is 1.07 bits per heavy atom. The van der Waals surface area contributed by atoms with E-state index in [-0.39, 0.29) is 24.1 Å². The zero-order chi connectivity index (χ0) is 19.0. The van der Waals surface area contributed by atoms with Gasteiger partial charge in [0.1, 0.15) is 6.54 Å². The highest BCUT2D eigenvalue weighted by Gasteiger charge is 2.32. The van der Waals surface area contributed by atoms with Crippen LogP contribution in [0.1, 0.15) is 31.0 Å². The molecular weight excluding hydrogens is 336 g/mol. The number of carbonyl (C=O) groups is 1. The molecule has 1 atom stereocenters. The van der Waals surface area contributed by atoms with Gasteiger partial charge >= 0.3 is 0 Å². The molecule has 1 aliphatic heterocycles. The first-order valence-electron chi connectivity index (χ1n) is 9.51. The second-order valence-electron chi connectivity index (χ2n) is 7.56. The van der Waals surface area contributed by atoms with Crippen molar-refractivity contribution in [2.24, 2.45) is 5.92 Å². The minimum Gasteiger partial charge on any atom is -0.334 e. The smallest absolute Gasteiger partial charge is 0.258 e. The van der Waals surface area contributed by atoms with Crippen LogP contribution in [0.2, 0.25) is 0 Å². The highest BCUT2D eigenvalue weighted by Crippen LogP contribution is 2.35. The van der Waals surface area contributed by atoms with E-state index in [4.69, 9.17) is 0 Å². The summed E-state index contributed by atoms with van der Waals surface area (Å²) in [4.78, 5) is 27.9. The lowest BCUT2D eigenvalue weighted by Gasteiger charge is -2.40. The van der Waals surface area contributed by atoms with E-state index in [0.29, 0.717) is 17.8 Å². The molecule has 0 radical (unpaired) electrons. The minimum absolute atomic E-state index is 0.000541. The monoisotopic (exact) mass is 360 g/mol. The number of carbonyl (C=O) groups excluding carboxylic acids is 1. The third kappa shape index (κ3) is 3.16. The Hall–Kier alpha value is -2.88. The van der Waals surface area contributed by atoms with E-state index < -0.39 is 0 Å². The van der Waals surface area contributed by atoms with Crippen LogP contribution in [-0.4, -0.2) is 21.9 Å². The third-order valence-electron chi connectivity index (χ3n) is 5.48. The Balaban J connectivity index is 1.65. The zero-order valence-electron chi connectivity index (χ0n) is 15.8. The molecule has 4 heteroatoms. The third-order valence-corrected chi connectivity index (χ3v) is 5.48. The molecule has 0 fully saturated rings. The van der Waals surface area contributed by atoms with Crippen LogP contribution < -0.4 is 5.56 Å². The molecule has 138 valence electrons. The molecule has 1 amide bonds. The van der Waals surface area contributed by atoms with Crippen molar-refractivity contribution in [2.75, 3.05) is 6.54 Å². The van der Waals surface area contributed by atoms with E-state index in [1.54, 1.807) is 6.20 Å². The number of amides is 1. The number of nitrogens with zero attached hydrogens (tertiary/aromatic N) is 2. The van der Waals surface area contributed by atoms with Gasteiger partial charge in [-0.05, 0) is 41.0 Å². The van der Waals surface area contributed by atoms with Gasteiger partial charge in [-0.25, -0.2) is 0 Å². The number of fused-ring (bicyclic) bond motifs is 2. The van der Waals surface area contributed by atoms with Crippen molar-refractivity contribution in [3.05, 3.63) is 82.3 Å². The summed E-state index contributed by atoms with van der Waals surface area (Å²) in [6, 6.07) is 17.8. The zero-order valence-corrected chi connectivity index (χ0v) is 15.8. The lowest BCUT2D eigenvalue weighted by Crippen LogP contribution is -2.44. The fourth-order valence-electron chi connectivity index (χ4n) is 4.19. The van der Waals surface area contributed by atoms with Gasteiger partial charge in [-0.3, -0.25) is 9.59 Å². The first-order valence-corrected chi connectivity index (χ1v) is 9.51. The number of rotatable bonds is 3. The molecule has 0 spiro atoms. The molecule has 4 rings (SSSR count). The van der Waals surface area contributed by atoms with E-state index >= 15 is 0 Å². The summed E-state index contributed by atoms with van der Waals surface area (Å²) in [7, 11) is 0. The second-order valence-corrected chi connectivity index (χ2v) is 7.56. The molecule has 2 aromatic carbocycles. The number of aromatic nitrogens is 1. The Morgan fingerprint density at radius 3 is 2.63 bits per heavy atom. The summed E-state index contributed by atoms with van der Waals surface area (Å²) in [5.41, 5.74) is 2.45. The van der Waals surface area contributed by atoms with Gasteiger partial charge in [-0.2, -0.15) is 0 Å². The molecule has 1 aliphatic rings. The number of hydrogen-bond acceptors (Lipinski definition) is 2. The van der Waals surface area contributed by atoms with Crippen LogP contribution in [0.25, 0.3) is 10.8 Å². The number of benzene rings is 2. The normalized spacial score (nSPS) is 16.6. The van der Waals surface area contributed by atoms with E-state index in [1.807, 2.05) is 41.3 Å². The van der Waals surface area contributed by atoms with Crippen LogP contribution >= 0.6 is 0 Å². The lowest BCUT2D eigenvalue weighted by atomic mass is 9.86. The highest BCUT2D eigenvalue weighted by molar-refractivity contribution is 5.82. The standard InChI is InChI=1S/C23H24N2O2/c1-16(2)22-19-9-5-3-7-17(19)12-14-25(22)21(26)15-24-13-11-18-8-4-6-10-20(18)23(24)27/h3-11,13,16,22H,12,14-15H2,1-2H3. The van der Waals surface area contributed by atoms with Crippen LogP contribution in [0.5, 0.6) is 0 Å². The van der Waals surface area contributed by atoms with Gasteiger partial charge in [0.2, 0.25) is 5.91 Å². The Morgan fingerprint density at radius 2 is 1.81 bits per heavy atom. The van der Waals surface area contributed by atoms with Crippen molar-refractivity contribution < 1.29 is 4.79 Å². The fraction of sp³-hybridized carbons (Fsp3) is 0.304. The fourth-order valence-corrected chi connectivity index (χ4v) is 4.19. The Kier molecular flexibility index (Phi) is 4.56. The van der Waals surface area contributed by atoms with Gasteiger partial charge in [0, 0.05) is 18.1 Å². The van der Waals surface area contributed by atoms with E-state index in [9.17, 15) is 9.59 Å². The van der Waals surface area contributed by atoms with Gasteiger partial charge in [0.15, 0.2) is 0 Å². The molecular formula is C23H24N2O2. The molecule has 0 N–H and O–H groups in total. The quantitative estimate of drug-likeness (QED) is 0.713. The maximum absolute atomic E-state index is 13.1. The van der Waals surface area contributed by atoms with Gasteiger partial charge in [0.25, 0.3) is 5.56 Å². The van der Waals surface area contributed by atoms with Crippen LogP contribution in [0.4, 0.5) is 0 Å². The number of hydrogen-bond donors (Lipinski definition) is 0. The largest absolute Gasteiger partial charge is 0.334 e. The molecule has 1 unspecified atom stereocenters. The lowest BCUT2D eigenvalue weighted by molar-refractivity contribution is -0.135. The highest BCUT2D eigenvalue weighted by atomic mass is 16.2. The van der Waals surface area contributed by atoms with Gasteiger partial charge in [-0.1, -0.05) is 56.3 Å². The topological polar surface area (TPSA) is 42.3 Å². The predicted octanol–water partition coefficient (Wildman–Crippen LogP) is 3.78. The molecule has 1 aromatic heterocycles. The van der Waals surface area contributed by atoms with E-state index in [1.165, 1.54) is 15.7 Å². The average molecular weight is 360 g/mol. The maximum Gasteiger partial charge on any atom is 0.258 e. The Bertz CT molecular complexity index is 1050. The van der Waals surface area contributed by atoms with Crippen LogP contribution in [0, 0.1) is 5.92 Å². The van der Waals surface area contributed by atoms with Gasteiger partial charge in [-0.15, -0.1) is 0 Å². The summed E-state index contributed by atoms with van der Waals surface area (Å²) in [6.45, 7) is 5.07. The van der Waals surface area contributed by atoms with E-state index in [2.05, 4.69) is 32.0 Å². The molecule has 3 aromatic rings. The second kappa shape index (κ2) is 7.03. The van der Waals surface area contributed by atoms with Crippen molar-refractivity contribution in [3.8, 4) is 0 Å². The molecule has 4 nitrogen and oxygen atoms in total. The van der Waals surface area contributed by atoms with Crippen LogP contribution in [0.15, 0.2) is 65.6 Å². The van der Waals surface area contributed by atoms with E-state index in [0.717, 1.165) is 11.8 Å². The molecule has 27 heavy (non-hydrogen) atoms. The molecule has 2 heterocycles.